The van der Waals surface area contributed by atoms with Crippen molar-refractivity contribution >= 4 is 17.5 Å². The van der Waals surface area contributed by atoms with Crippen molar-refractivity contribution in [1.29, 1.82) is 0 Å². The van der Waals surface area contributed by atoms with E-state index in [1.165, 1.54) is 17.0 Å². The molecule has 204 valence electrons. The van der Waals surface area contributed by atoms with Gasteiger partial charge in [0.05, 0.1) is 17.4 Å². The summed E-state index contributed by atoms with van der Waals surface area (Å²) in [6.45, 7) is 2.64. The highest BCUT2D eigenvalue weighted by molar-refractivity contribution is 5.91. The molecule has 1 fully saturated rings. The standard InChI is InChI=1S/C22H21F6N7O3/c1-12(32-15-11-31-33-18(36)17(15)22(26,27)28)8-14-2-3-16(38-14)19(37)34-4-6-35(7-5-34)20-29-9-13(10-30-20)21(23,24)25/h2-3,9-12H,4-8H2,1H3,(H2,32,33,36)/t12-/m0/s1. The van der Waals surface area contributed by atoms with Gasteiger partial charge in [0.1, 0.15) is 11.3 Å². The molecular weight excluding hydrogens is 524 g/mol. The fourth-order valence-corrected chi connectivity index (χ4v) is 3.91. The van der Waals surface area contributed by atoms with Crippen molar-refractivity contribution in [2.24, 2.45) is 0 Å². The fraction of sp³-hybridized carbons (Fsp3) is 0.409. The Morgan fingerprint density at radius 1 is 1.05 bits per heavy atom. The summed E-state index contributed by atoms with van der Waals surface area (Å²) in [4.78, 5) is 35.2. The summed E-state index contributed by atoms with van der Waals surface area (Å²) in [6, 6.07) is 2.37. The Bertz CT molecular complexity index is 1330. The number of carbonyl (C=O) groups excluding carboxylic acids is 1. The number of rotatable bonds is 6. The molecule has 4 rings (SSSR count). The number of amides is 1. The first-order valence-electron chi connectivity index (χ1n) is 11.3. The van der Waals surface area contributed by atoms with Crippen molar-refractivity contribution < 1.29 is 35.6 Å². The zero-order valence-electron chi connectivity index (χ0n) is 19.7. The zero-order valence-corrected chi connectivity index (χ0v) is 19.7. The summed E-state index contributed by atoms with van der Waals surface area (Å²) in [6.07, 6.45) is -7.04. The van der Waals surface area contributed by atoms with Crippen LogP contribution in [0.2, 0.25) is 0 Å². The summed E-state index contributed by atoms with van der Waals surface area (Å²) in [7, 11) is 0. The second-order valence-corrected chi connectivity index (χ2v) is 8.55. The molecule has 1 aliphatic rings. The molecule has 38 heavy (non-hydrogen) atoms. The van der Waals surface area contributed by atoms with Crippen molar-refractivity contribution in [2.75, 3.05) is 36.4 Å². The van der Waals surface area contributed by atoms with E-state index in [9.17, 15) is 35.9 Å². The van der Waals surface area contributed by atoms with E-state index in [0.717, 1.165) is 6.20 Å². The van der Waals surface area contributed by atoms with Gasteiger partial charge in [0.15, 0.2) is 5.76 Å². The molecule has 1 amide bonds. The molecule has 1 atom stereocenters. The summed E-state index contributed by atoms with van der Waals surface area (Å²) in [5, 5.41) is 7.77. The van der Waals surface area contributed by atoms with Gasteiger partial charge in [-0.2, -0.15) is 31.4 Å². The maximum atomic E-state index is 13.2. The topological polar surface area (TPSA) is 120 Å². The Balaban J connectivity index is 1.33. The van der Waals surface area contributed by atoms with Gasteiger partial charge in [-0.25, -0.2) is 15.1 Å². The Kier molecular flexibility index (Phi) is 7.33. The number of alkyl halides is 6. The number of carbonyl (C=O) groups is 1. The van der Waals surface area contributed by atoms with Crippen molar-refractivity contribution in [3.05, 3.63) is 63.7 Å². The van der Waals surface area contributed by atoms with Gasteiger partial charge in [0, 0.05) is 51.0 Å². The highest BCUT2D eigenvalue weighted by Gasteiger charge is 2.37. The molecule has 0 radical (unpaired) electrons. The first kappa shape index (κ1) is 26.9. The minimum absolute atomic E-state index is 0.0280. The second kappa shape index (κ2) is 10.3. The summed E-state index contributed by atoms with van der Waals surface area (Å²) >= 11 is 0. The zero-order chi connectivity index (χ0) is 27.7. The average molecular weight is 545 g/mol. The van der Waals surface area contributed by atoms with Crippen LogP contribution >= 0.6 is 0 Å². The van der Waals surface area contributed by atoms with Gasteiger partial charge in [-0.15, -0.1) is 0 Å². The minimum Gasteiger partial charge on any atom is -0.456 e. The molecule has 1 aliphatic heterocycles. The lowest BCUT2D eigenvalue weighted by Crippen LogP contribution is -2.49. The third-order valence-corrected chi connectivity index (χ3v) is 5.74. The molecular formula is C22H21F6N7O3. The number of hydrogen-bond acceptors (Lipinski definition) is 8. The van der Waals surface area contributed by atoms with Crippen molar-refractivity contribution in [1.82, 2.24) is 25.1 Å². The van der Waals surface area contributed by atoms with E-state index in [1.807, 2.05) is 0 Å². The van der Waals surface area contributed by atoms with Gasteiger partial charge in [0.2, 0.25) is 5.95 Å². The number of anilines is 2. The molecule has 0 bridgehead atoms. The summed E-state index contributed by atoms with van der Waals surface area (Å²) in [5.74, 6) is 0.0656. The van der Waals surface area contributed by atoms with E-state index in [1.54, 1.807) is 16.9 Å². The van der Waals surface area contributed by atoms with E-state index in [-0.39, 0.29) is 44.3 Å². The molecule has 0 unspecified atom stereocenters. The van der Waals surface area contributed by atoms with Crippen molar-refractivity contribution in [3.8, 4) is 0 Å². The number of nitrogens with one attached hydrogen (secondary N) is 2. The fourth-order valence-electron chi connectivity index (χ4n) is 3.91. The minimum atomic E-state index is -4.88. The predicted octanol–water partition coefficient (Wildman–Crippen LogP) is 3.20. The first-order valence-corrected chi connectivity index (χ1v) is 11.3. The van der Waals surface area contributed by atoms with Crippen LogP contribution in [0.4, 0.5) is 38.0 Å². The van der Waals surface area contributed by atoms with Crippen LogP contribution in [0.15, 0.2) is 39.9 Å². The quantitative estimate of drug-likeness (QED) is 0.454. The number of aromatic nitrogens is 4. The molecule has 16 heteroatoms. The van der Waals surface area contributed by atoms with Crippen LogP contribution in [-0.4, -0.2) is 63.2 Å². The Labute approximate surface area is 210 Å². The number of furan rings is 1. The van der Waals surface area contributed by atoms with Gasteiger partial charge in [0.25, 0.3) is 11.5 Å². The molecule has 3 aromatic heterocycles. The lowest BCUT2D eigenvalue weighted by atomic mass is 10.1. The van der Waals surface area contributed by atoms with Crippen LogP contribution in [0.25, 0.3) is 0 Å². The first-order chi connectivity index (χ1) is 17.8. The van der Waals surface area contributed by atoms with Crippen molar-refractivity contribution in [2.45, 2.75) is 31.7 Å². The third kappa shape index (κ3) is 6.06. The van der Waals surface area contributed by atoms with E-state index in [4.69, 9.17) is 4.42 Å². The highest BCUT2D eigenvalue weighted by Crippen LogP contribution is 2.32. The number of hydrogen-bond donors (Lipinski definition) is 2. The van der Waals surface area contributed by atoms with Crippen LogP contribution in [0.1, 0.15) is 34.4 Å². The van der Waals surface area contributed by atoms with Crippen LogP contribution in [-0.2, 0) is 18.8 Å². The average Bonchev–Trinajstić information content (AvgIpc) is 3.30. The molecule has 2 N–H and O–H groups in total. The Hall–Kier alpha value is -4.11. The second-order valence-electron chi connectivity index (χ2n) is 8.55. The maximum absolute atomic E-state index is 13.2. The van der Waals surface area contributed by atoms with Gasteiger partial charge < -0.3 is 19.5 Å². The number of halogens is 6. The molecule has 0 aromatic carbocycles. The predicted molar refractivity (Wildman–Crippen MR) is 121 cm³/mol. The summed E-state index contributed by atoms with van der Waals surface area (Å²) < 4.78 is 83.4. The van der Waals surface area contributed by atoms with Gasteiger partial charge in [-0.3, -0.25) is 9.59 Å². The molecule has 1 saturated heterocycles. The molecule has 0 spiro atoms. The van der Waals surface area contributed by atoms with E-state index in [0.29, 0.717) is 18.2 Å². The van der Waals surface area contributed by atoms with Crippen molar-refractivity contribution in [3.63, 3.8) is 0 Å². The lowest BCUT2D eigenvalue weighted by Gasteiger charge is -2.34. The van der Waals surface area contributed by atoms with Gasteiger partial charge >= 0.3 is 12.4 Å². The van der Waals surface area contributed by atoms with Crippen LogP contribution in [0.5, 0.6) is 0 Å². The Morgan fingerprint density at radius 3 is 2.32 bits per heavy atom. The maximum Gasteiger partial charge on any atom is 0.423 e. The lowest BCUT2D eigenvalue weighted by molar-refractivity contribution is -0.139. The number of H-pyrrole nitrogens is 1. The molecule has 0 saturated carbocycles. The Morgan fingerprint density at radius 2 is 1.71 bits per heavy atom. The molecule has 4 heterocycles. The number of nitrogens with zero attached hydrogens (tertiary/aromatic N) is 5. The van der Waals surface area contributed by atoms with Crippen LogP contribution in [0.3, 0.4) is 0 Å². The smallest absolute Gasteiger partial charge is 0.423 e. The molecule has 3 aromatic rings. The van der Waals surface area contributed by atoms with Crippen LogP contribution < -0.4 is 15.8 Å². The molecule has 10 nitrogen and oxygen atoms in total. The monoisotopic (exact) mass is 545 g/mol. The third-order valence-electron chi connectivity index (χ3n) is 5.74. The summed E-state index contributed by atoms with van der Waals surface area (Å²) in [5.41, 5.74) is -4.20. The largest absolute Gasteiger partial charge is 0.456 e. The van der Waals surface area contributed by atoms with E-state index >= 15 is 0 Å². The number of aromatic amines is 1. The molecule has 0 aliphatic carbocycles. The van der Waals surface area contributed by atoms with E-state index in [2.05, 4.69) is 20.4 Å². The van der Waals surface area contributed by atoms with Crippen LogP contribution in [0, 0.1) is 0 Å². The van der Waals surface area contributed by atoms with Gasteiger partial charge in [-0.05, 0) is 19.1 Å². The van der Waals surface area contributed by atoms with E-state index < -0.39 is 46.7 Å². The SMILES string of the molecule is C[C@@H](Cc1ccc(C(=O)N2CCN(c3ncc(C(F)(F)F)cn3)CC2)o1)Nc1cn[nH]c(=O)c1C(F)(F)F. The number of piperazine rings is 1. The highest BCUT2D eigenvalue weighted by atomic mass is 19.4. The van der Waals surface area contributed by atoms with Gasteiger partial charge in [-0.1, -0.05) is 0 Å². The normalized spacial score (nSPS) is 15.4.